The molecule has 5 heteroatoms. The number of benzene rings is 1. The van der Waals surface area contributed by atoms with Gasteiger partial charge < -0.3 is 9.32 Å². The third kappa shape index (κ3) is 3.08. The van der Waals surface area contributed by atoms with Crippen molar-refractivity contribution in [1.82, 2.24) is 9.88 Å². The smallest absolute Gasteiger partial charge is 0.223 e. The van der Waals surface area contributed by atoms with Crippen LogP contribution in [0.15, 0.2) is 47.1 Å². The Labute approximate surface area is 145 Å². The van der Waals surface area contributed by atoms with Gasteiger partial charge in [-0.2, -0.15) is 0 Å². The molecule has 124 valence electrons. The maximum atomic E-state index is 12.8. The van der Waals surface area contributed by atoms with Gasteiger partial charge in [0, 0.05) is 19.4 Å². The van der Waals surface area contributed by atoms with E-state index >= 15 is 0 Å². The molecule has 3 aromatic rings. The molecular weight excluding hydrogens is 320 g/mol. The minimum absolute atomic E-state index is 0.125. The molecule has 0 unspecified atom stereocenters. The molecule has 4 rings (SSSR count). The van der Waals surface area contributed by atoms with Crippen LogP contribution in [-0.4, -0.2) is 22.3 Å². The largest absolute Gasteiger partial charge is 0.469 e. The lowest BCUT2D eigenvalue weighted by molar-refractivity contribution is -0.135. The number of fused-ring (bicyclic) bond motifs is 1. The van der Waals surface area contributed by atoms with E-state index in [1.54, 1.807) is 17.6 Å². The van der Waals surface area contributed by atoms with Crippen molar-refractivity contribution in [2.24, 2.45) is 0 Å². The first-order valence-corrected chi connectivity index (χ1v) is 9.30. The number of aryl methyl sites for hydroxylation is 1. The van der Waals surface area contributed by atoms with E-state index in [1.807, 2.05) is 35.2 Å². The molecule has 4 nitrogen and oxygen atoms in total. The molecule has 2 aromatic heterocycles. The zero-order valence-corrected chi connectivity index (χ0v) is 14.3. The van der Waals surface area contributed by atoms with E-state index in [0.29, 0.717) is 12.8 Å². The quantitative estimate of drug-likeness (QED) is 0.698. The van der Waals surface area contributed by atoms with Crippen LogP contribution in [0.2, 0.25) is 0 Å². The Morgan fingerprint density at radius 2 is 2.17 bits per heavy atom. The van der Waals surface area contributed by atoms with Crippen molar-refractivity contribution in [1.29, 1.82) is 0 Å². The average molecular weight is 340 g/mol. The Kier molecular flexibility index (Phi) is 4.34. The number of rotatable bonds is 4. The number of nitrogens with zero attached hydrogens (tertiary/aromatic N) is 2. The SMILES string of the molecule is O=C(CCc1ccco1)N1CCCC[C@H]1c1nc2ccccc2s1. The first kappa shape index (κ1) is 15.4. The molecule has 1 atom stereocenters. The van der Waals surface area contributed by atoms with Crippen LogP contribution in [0.4, 0.5) is 0 Å². The number of piperidine rings is 1. The molecule has 1 fully saturated rings. The fourth-order valence-electron chi connectivity index (χ4n) is 3.35. The third-order valence-corrected chi connectivity index (χ3v) is 5.72. The monoisotopic (exact) mass is 340 g/mol. The number of hydrogen-bond donors (Lipinski definition) is 0. The van der Waals surface area contributed by atoms with E-state index in [4.69, 9.17) is 9.40 Å². The summed E-state index contributed by atoms with van der Waals surface area (Å²) in [6.45, 7) is 0.831. The number of carbonyl (C=O) groups excluding carboxylic acids is 1. The molecule has 1 aliphatic rings. The second kappa shape index (κ2) is 6.77. The van der Waals surface area contributed by atoms with Gasteiger partial charge in [0.05, 0.1) is 22.5 Å². The molecule has 0 spiro atoms. The van der Waals surface area contributed by atoms with Gasteiger partial charge in [0.1, 0.15) is 10.8 Å². The predicted molar refractivity (Wildman–Crippen MR) is 95.0 cm³/mol. The standard InChI is InChI=1S/C19H20N2O2S/c22-18(11-10-14-6-5-13-23-14)21-12-4-3-8-16(21)19-20-15-7-1-2-9-17(15)24-19/h1-2,5-7,9,13,16H,3-4,8,10-12H2/t16-/m0/s1. The molecule has 1 saturated heterocycles. The van der Waals surface area contributed by atoms with Crippen molar-refractivity contribution in [2.75, 3.05) is 6.54 Å². The molecule has 24 heavy (non-hydrogen) atoms. The summed E-state index contributed by atoms with van der Waals surface area (Å²) in [6, 6.07) is 12.1. The Morgan fingerprint density at radius 1 is 1.25 bits per heavy atom. The van der Waals surface area contributed by atoms with Crippen LogP contribution < -0.4 is 0 Å². The molecule has 1 aliphatic heterocycles. The van der Waals surface area contributed by atoms with Crippen LogP contribution >= 0.6 is 11.3 Å². The topological polar surface area (TPSA) is 46.3 Å². The Bertz CT molecular complexity index is 792. The molecule has 0 aliphatic carbocycles. The number of aromatic nitrogens is 1. The number of furan rings is 1. The van der Waals surface area contributed by atoms with Gasteiger partial charge in [0.2, 0.25) is 5.91 Å². The van der Waals surface area contributed by atoms with E-state index in [9.17, 15) is 4.79 Å². The summed E-state index contributed by atoms with van der Waals surface area (Å²) in [5.41, 5.74) is 1.03. The number of likely N-dealkylation sites (tertiary alicyclic amines) is 1. The van der Waals surface area contributed by atoms with Crippen LogP contribution in [0.25, 0.3) is 10.2 Å². The van der Waals surface area contributed by atoms with Crippen molar-refractivity contribution >= 4 is 27.5 Å². The molecule has 1 amide bonds. The molecule has 0 bridgehead atoms. The summed E-state index contributed by atoms with van der Waals surface area (Å²) in [7, 11) is 0. The lowest BCUT2D eigenvalue weighted by Crippen LogP contribution is -2.38. The van der Waals surface area contributed by atoms with E-state index in [0.717, 1.165) is 42.1 Å². The lowest BCUT2D eigenvalue weighted by Gasteiger charge is -2.34. The zero-order valence-electron chi connectivity index (χ0n) is 13.5. The third-order valence-electron chi connectivity index (χ3n) is 4.58. The van der Waals surface area contributed by atoms with Gasteiger partial charge in [0.25, 0.3) is 0 Å². The normalized spacial score (nSPS) is 18.2. The van der Waals surface area contributed by atoms with E-state index in [-0.39, 0.29) is 11.9 Å². The van der Waals surface area contributed by atoms with E-state index in [2.05, 4.69) is 6.07 Å². The van der Waals surface area contributed by atoms with Crippen LogP contribution in [0, 0.1) is 0 Å². The Hall–Kier alpha value is -2.14. The van der Waals surface area contributed by atoms with Crippen molar-refractivity contribution < 1.29 is 9.21 Å². The van der Waals surface area contributed by atoms with Crippen LogP contribution in [0.5, 0.6) is 0 Å². The maximum Gasteiger partial charge on any atom is 0.223 e. The lowest BCUT2D eigenvalue weighted by atomic mass is 10.0. The minimum Gasteiger partial charge on any atom is -0.469 e. The summed E-state index contributed by atoms with van der Waals surface area (Å²) in [4.78, 5) is 19.6. The highest BCUT2D eigenvalue weighted by molar-refractivity contribution is 7.18. The second-order valence-electron chi connectivity index (χ2n) is 6.20. The van der Waals surface area contributed by atoms with Crippen LogP contribution in [0.1, 0.15) is 42.5 Å². The van der Waals surface area contributed by atoms with Crippen molar-refractivity contribution in [3.8, 4) is 0 Å². The Balaban J connectivity index is 1.52. The maximum absolute atomic E-state index is 12.8. The van der Waals surface area contributed by atoms with E-state index < -0.39 is 0 Å². The number of hydrogen-bond acceptors (Lipinski definition) is 4. The molecule has 0 radical (unpaired) electrons. The van der Waals surface area contributed by atoms with Gasteiger partial charge in [-0.1, -0.05) is 12.1 Å². The predicted octanol–water partition coefficient (Wildman–Crippen LogP) is 4.58. The molecule has 0 N–H and O–H groups in total. The summed E-state index contributed by atoms with van der Waals surface area (Å²) < 4.78 is 6.54. The second-order valence-corrected chi connectivity index (χ2v) is 7.26. The highest BCUT2D eigenvalue weighted by Crippen LogP contribution is 2.36. The highest BCUT2D eigenvalue weighted by Gasteiger charge is 2.30. The van der Waals surface area contributed by atoms with Gasteiger partial charge in [0.15, 0.2) is 0 Å². The summed E-state index contributed by atoms with van der Waals surface area (Å²) in [5, 5.41) is 1.07. The van der Waals surface area contributed by atoms with Crippen molar-refractivity contribution in [3.63, 3.8) is 0 Å². The van der Waals surface area contributed by atoms with Gasteiger partial charge >= 0.3 is 0 Å². The van der Waals surface area contributed by atoms with Crippen molar-refractivity contribution in [2.45, 2.75) is 38.1 Å². The Morgan fingerprint density at radius 3 is 3.00 bits per heavy atom. The van der Waals surface area contributed by atoms with Gasteiger partial charge in [-0.3, -0.25) is 4.79 Å². The highest BCUT2D eigenvalue weighted by atomic mass is 32.1. The summed E-state index contributed by atoms with van der Waals surface area (Å²) in [5.74, 6) is 1.08. The van der Waals surface area contributed by atoms with Crippen LogP contribution in [0.3, 0.4) is 0 Å². The molecule has 3 heterocycles. The number of carbonyl (C=O) groups is 1. The van der Waals surface area contributed by atoms with Crippen molar-refractivity contribution in [3.05, 3.63) is 53.4 Å². The fraction of sp³-hybridized carbons (Fsp3) is 0.368. The van der Waals surface area contributed by atoms with Gasteiger partial charge in [-0.25, -0.2) is 4.98 Å². The minimum atomic E-state index is 0.125. The number of thiazole rings is 1. The summed E-state index contributed by atoms with van der Waals surface area (Å²) >= 11 is 1.72. The van der Waals surface area contributed by atoms with Crippen LogP contribution in [-0.2, 0) is 11.2 Å². The first-order valence-electron chi connectivity index (χ1n) is 8.48. The molecular formula is C19H20N2O2S. The fourth-order valence-corrected chi connectivity index (χ4v) is 4.46. The van der Waals surface area contributed by atoms with Gasteiger partial charge in [-0.05, 0) is 43.5 Å². The van der Waals surface area contributed by atoms with Gasteiger partial charge in [-0.15, -0.1) is 11.3 Å². The summed E-state index contributed by atoms with van der Waals surface area (Å²) in [6.07, 6.45) is 6.05. The first-order chi connectivity index (χ1) is 11.8. The molecule has 1 aromatic carbocycles. The number of para-hydroxylation sites is 1. The number of amides is 1. The molecule has 0 saturated carbocycles. The zero-order chi connectivity index (χ0) is 16.4. The average Bonchev–Trinajstić information content (AvgIpc) is 3.29. The van der Waals surface area contributed by atoms with E-state index in [1.165, 1.54) is 4.70 Å².